The Labute approximate surface area is 249 Å². The van der Waals surface area contributed by atoms with Crippen molar-refractivity contribution in [2.45, 2.75) is 30.7 Å². The number of aliphatic hydroxyl groups excluding tert-OH is 2. The molecule has 0 saturated carbocycles. The summed E-state index contributed by atoms with van der Waals surface area (Å²) in [4.78, 5) is 38.1. The minimum atomic E-state index is -2.16. The summed E-state index contributed by atoms with van der Waals surface area (Å²) in [5.41, 5.74) is -1.63. The van der Waals surface area contributed by atoms with Crippen molar-refractivity contribution in [2.24, 2.45) is 0 Å². The van der Waals surface area contributed by atoms with Gasteiger partial charge in [0.15, 0.2) is 57.8 Å². The first-order valence-corrected chi connectivity index (χ1v) is 12.4. The van der Waals surface area contributed by atoms with Crippen LogP contribution in [0.5, 0.6) is 51.7 Å². The van der Waals surface area contributed by atoms with Gasteiger partial charge in [-0.05, 0) is 36.4 Å². The Morgan fingerprint density at radius 1 is 0.556 bits per heavy atom. The van der Waals surface area contributed by atoms with Gasteiger partial charge in [-0.1, -0.05) is 0 Å². The summed E-state index contributed by atoms with van der Waals surface area (Å²) in [6.45, 7) is -0.894. The number of carbonyl (C=O) groups excluding carboxylic acids is 3. The van der Waals surface area contributed by atoms with Crippen LogP contribution in [0.4, 0.5) is 0 Å². The van der Waals surface area contributed by atoms with Crippen molar-refractivity contribution < 1.29 is 89.5 Å². The van der Waals surface area contributed by atoms with Crippen LogP contribution >= 0.6 is 0 Å². The number of aromatic hydroxyl groups is 9. The number of carbonyl (C=O) groups is 3. The van der Waals surface area contributed by atoms with Crippen LogP contribution in [-0.4, -0.2) is 111 Å². The third-order valence-corrected chi connectivity index (χ3v) is 6.41. The SMILES string of the molecule is O=C(OC[C@@H]1O[C@H](OC(=O)c2cc(O)c(O)c(O)c2)[C@H](OC(=O)c2cc(O)c(O)c(O)c2)[C@@H](O)[C@@H]1O)c1cc(O)c(O)c(O)c1. The zero-order valence-electron chi connectivity index (χ0n) is 22.3. The van der Waals surface area contributed by atoms with Gasteiger partial charge >= 0.3 is 17.9 Å². The highest BCUT2D eigenvalue weighted by molar-refractivity contribution is 5.92. The molecular weight excluding hydrogens is 612 g/mol. The Kier molecular flexibility index (Phi) is 8.84. The summed E-state index contributed by atoms with van der Waals surface area (Å²) >= 11 is 0. The quantitative estimate of drug-likeness (QED) is 0.0902. The number of hydrogen-bond donors (Lipinski definition) is 11. The van der Waals surface area contributed by atoms with E-state index in [2.05, 4.69) is 0 Å². The lowest BCUT2D eigenvalue weighted by molar-refractivity contribution is -0.284. The van der Waals surface area contributed by atoms with Crippen LogP contribution in [0.15, 0.2) is 36.4 Å². The van der Waals surface area contributed by atoms with E-state index in [1.165, 1.54) is 0 Å². The highest BCUT2D eigenvalue weighted by atomic mass is 16.7. The smallest absolute Gasteiger partial charge is 0.340 e. The molecule has 3 aromatic rings. The molecule has 240 valence electrons. The topological polar surface area (TPSA) is 311 Å². The van der Waals surface area contributed by atoms with E-state index in [4.69, 9.17) is 18.9 Å². The summed E-state index contributed by atoms with van der Waals surface area (Å²) in [6, 6.07) is 4.19. The molecular formula is C27H24O18. The molecule has 11 N–H and O–H groups in total. The van der Waals surface area contributed by atoms with Gasteiger partial charge in [-0.25, -0.2) is 14.4 Å². The van der Waals surface area contributed by atoms with E-state index in [9.17, 15) is 70.6 Å². The molecule has 18 heteroatoms. The molecule has 1 heterocycles. The Bertz CT molecular complexity index is 1580. The first-order chi connectivity index (χ1) is 21.1. The number of rotatable bonds is 7. The van der Waals surface area contributed by atoms with Gasteiger partial charge in [0.2, 0.25) is 6.29 Å². The molecule has 18 nitrogen and oxygen atoms in total. The van der Waals surface area contributed by atoms with E-state index in [0.29, 0.717) is 24.3 Å². The van der Waals surface area contributed by atoms with E-state index in [1.807, 2.05) is 0 Å². The van der Waals surface area contributed by atoms with Crippen molar-refractivity contribution in [3.05, 3.63) is 53.1 Å². The average Bonchev–Trinajstić information content (AvgIpc) is 2.99. The Balaban J connectivity index is 1.59. The fourth-order valence-corrected chi connectivity index (χ4v) is 4.04. The van der Waals surface area contributed by atoms with Crippen LogP contribution in [0, 0.1) is 0 Å². The molecule has 0 spiro atoms. The van der Waals surface area contributed by atoms with Crippen LogP contribution in [0.3, 0.4) is 0 Å². The molecule has 1 aliphatic rings. The van der Waals surface area contributed by atoms with Gasteiger partial charge in [-0.3, -0.25) is 0 Å². The molecule has 0 amide bonds. The van der Waals surface area contributed by atoms with Gasteiger partial charge in [0, 0.05) is 0 Å². The Morgan fingerprint density at radius 2 is 0.911 bits per heavy atom. The minimum absolute atomic E-state index is 0.462. The molecule has 1 saturated heterocycles. The summed E-state index contributed by atoms with van der Waals surface area (Å²) in [7, 11) is 0. The minimum Gasteiger partial charge on any atom is -0.504 e. The predicted molar refractivity (Wildman–Crippen MR) is 140 cm³/mol. The van der Waals surface area contributed by atoms with Crippen molar-refractivity contribution in [1.82, 2.24) is 0 Å². The van der Waals surface area contributed by atoms with Gasteiger partial charge in [0.1, 0.15) is 24.9 Å². The van der Waals surface area contributed by atoms with Gasteiger partial charge in [0.05, 0.1) is 16.7 Å². The molecule has 4 rings (SSSR count). The zero-order valence-corrected chi connectivity index (χ0v) is 22.3. The number of hydrogen-bond acceptors (Lipinski definition) is 18. The molecule has 1 aliphatic heterocycles. The zero-order chi connectivity index (χ0) is 33.3. The summed E-state index contributed by atoms with van der Waals surface area (Å²) in [5.74, 6) is -12.4. The number of phenols is 9. The van der Waals surface area contributed by atoms with Gasteiger partial charge in [0.25, 0.3) is 0 Å². The van der Waals surface area contributed by atoms with E-state index in [0.717, 1.165) is 12.1 Å². The molecule has 0 aliphatic carbocycles. The van der Waals surface area contributed by atoms with Crippen LogP contribution in [-0.2, 0) is 18.9 Å². The van der Waals surface area contributed by atoms with Gasteiger partial charge in [-0.2, -0.15) is 0 Å². The Hall–Kier alpha value is -5.85. The van der Waals surface area contributed by atoms with Crippen molar-refractivity contribution in [3.63, 3.8) is 0 Å². The number of ether oxygens (including phenoxy) is 4. The van der Waals surface area contributed by atoms with Crippen LogP contribution in [0.1, 0.15) is 31.1 Å². The molecule has 5 atom stereocenters. The van der Waals surface area contributed by atoms with Crippen molar-refractivity contribution in [2.75, 3.05) is 6.61 Å². The van der Waals surface area contributed by atoms with Crippen LogP contribution in [0.25, 0.3) is 0 Å². The highest BCUT2D eigenvalue weighted by Crippen LogP contribution is 2.38. The number of phenolic OH excluding ortho intramolecular Hbond substituents is 9. The number of esters is 3. The largest absolute Gasteiger partial charge is 0.504 e. The predicted octanol–water partition coefficient (Wildman–Crippen LogP) is -0.277. The second-order valence-electron chi connectivity index (χ2n) is 9.49. The molecule has 0 radical (unpaired) electrons. The van der Waals surface area contributed by atoms with E-state index in [-0.39, 0.29) is 0 Å². The second kappa shape index (κ2) is 12.4. The van der Waals surface area contributed by atoms with Crippen LogP contribution < -0.4 is 0 Å². The monoisotopic (exact) mass is 636 g/mol. The molecule has 3 aromatic carbocycles. The molecule has 0 unspecified atom stereocenters. The summed E-state index contributed by atoms with van der Waals surface area (Å²) in [6.07, 6.45) is -10.1. The number of aliphatic hydroxyl groups is 2. The maximum atomic E-state index is 12.9. The second-order valence-corrected chi connectivity index (χ2v) is 9.49. The first-order valence-electron chi connectivity index (χ1n) is 12.4. The number of benzene rings is 3. The standard InChI is InChI=1S/C27H24O18/c28-11-1-8(2-12(29)18(11)34)24(39)42-7-17-21(37)22(38)23(44-25(40)9-3-13(30)19(35)14(31)4-9)27(43-17)45-26(41)10-5-15(32)20(36)16(33)6-10/h1-6,17,21-23,27-38H,7H2/t17-,21+,22-,23+,27+/m0/s1. The van der Waals surface area contributed by atoms with Crippen molar-refractivity contribution in [1.29, 1.82) is 0 Å². The van der Waals surface area contributed by atoms with Gasteiger partial charge < -0.3 is 75.1 Å². The highest BCUT2D eigenvalue weighted by Gasteiger charge is 2.49. The van der Waals surface area contributed by atoms with Crippen molar-refractivity contribution in [3.8, 4) is 51.7 Å². The lowest BCUT2D eigenvalue weighted by atomic mass is 9.99. The fourth-order valence-electron chi connectivity index (χ4n) is 4.04. The molecule has 45 heavy (non-hydrogen) atoms. The van der Waals surface area contributed by atoms with Crippen molar-refractivity contribution >= 4 is 17.9 Å². The maximum Gasteiger partial charge on any atom is 0.340 e. The first kappa shape index (κ1) is 32.1. The lowest BCUT2D eigenvalue weighted by Crippen LogP contribution is -2.61. The fraction of sp³-hybridized carbons (Fsp3) is 0.222. The third kappa shape index (κ3) is 6.56. The lowest BCUT2D eigenvalue weighted by Gasteiger charge is -2.41. The molecule has 0 aromatic heterocycles. The average molecular weight is 636 g/mol. The third-order valence-electron chi connectivity index (χ3n) is 6.41. The molecule has 0 bridgehead atoms. The molecule has 1 fully saturated rings. The van der Waals surface area contributed by atoms with Gasteiger partial charge in [-0.15, -0.1) is 0 Å². The maximum absolute atomic E-state index is 12.9. The summed E-state index contributed by atoms with van der Waals surface area (Å²) in [5, 5.41) is 108. The van der Waals surface area contributed by atoms with E-state index in [1.54, 1.807) is 0 Å². The summed E-state index contributed by atoms with van der Waals surface area (Å²) < 4.78 is 20.7. The Morgan fingerprint density at radius 3 is 1.31 bits per heavy atom. The normalized spacial score (nSPS) is 21.1. The van der Waals surface area contributed by atoms with Crippen LogP contribution in [0.2, 0.25) is 0 Å². The van der Waals surface area contributed by atoms with E-state index >= 15 is 0 Å². The van der Waals surface area contributed by atoms with E-state index < -0.39 is 124 Å².